The van der Waals surface area contributed by atoms with E-state index in [0.717, 1.165) is 12.3 Å². The van der Waals surface area contributed by atoms with Gasteiger partial charge in [-0.25, -0.2) is 0 Å². The Labute approximate surface area is 109 Å². The number of nitrogens with one attached hydrogen (secondary N) is 1. The zero-order valence-electron chi connectivity index (χ0n) is 11.6. The predicted octanol–water partition coefficient (Wildman–Crippen LogP) is 2.18. The fraction of sp³-hybridized carbons (Fsp3) is 0.571. The van der Waals surface area contributed by atoms with Crippen molar-refractivity contribution in [2.45, 2.75) is 32.7 Å². The molecule has 0 aliphatic carbocycles. The second-order valence-electron chi connectivity index (χ2n) is 4.09. The van der Waals surface area contributed by atoms with E-state index in [1.165, 1.54) is 5.56 Å². The van der Waals surface area contributed by atoms with Gasteiger partial charge in [0.1, 0.15) is 5.75 Å². The molecule has 0 aromatic heterocycles. The molecule has 0 radical (unpaired) electrons. The van der Waals surface area contributed by atoms with Crippen molar-refractivity contribution in [3.63, 3.8) is 0 Å². The van der Waals surface area contributed by atoms with Crippen LogP contribution in [0.5, 0.6) is 5.75 Å². The largest absolute Gasteiger partial charge is 0.494 e. The van der Waals surface area contributed by atoms with E-state index in [1.807, 2.05) is 32.0 Å². The van der Waals surface area contributed by atoms with Gasteiger partial charge in [-0.2, -0.15) is 0 Å². The first-order valence-electron chi connectivity index (χ1n) is 6.22. The molecular formula is C14H23NO3. The molecule has 0 saturated heterocycles. The maximum absolute atomic E-state index is 5.47. The Morgan fingerprint density at radius 3 is 2.56 bits per heavy atom. The maximum Gasteiger partial charge on any atom is 0.171 e. The van der Waals surface area contributed by atoms with E-state index in [0.29, 0.717) is 6.61 Å². The monoisotopic (exact) mass is 253 g/mol. The van der Waals surface area contributed by atoms with Crippen molar-refractivity contribution < 1.29 is 14.2 Å². The highest BCUT2D eigenvalue weighted by atomic mass is 16.7. The van der Waals surface area contributed by atoms with Gasteiger partial charge < -0.3 is 19.5 Å². The number of ether oxygens (including phenoxy) is 3. The molecule has 0 aliphatic heterocycles. The molecule has 0 amide bonds. The summed E-state index contributed by atoms with van der Waals surface area (Å²) >= 11 is 0. The minimum absolute atomic E-state index is 0.121. The lowest BCUT2D eigenvalue weighted by Gasteiger charge is -2.22. The van der Waals surface area contributed by atoms with Crippen molar-refractivity contribution in [1.82, 2.24) is 5.32 Å². The third-order valence-electron chi connectivity index (χ3n) is 2.71. The molecule has 1 unspecified atom stereocenters. The molecule has 1 N–H and O–H groups in total. The summed E-state index contributed by atoms with van der Waals surface area (Å²) in [5, 5.41) is 3.36. The quantitative estimate of drug-likeness (QED) is 0.721. The Morgan fingerprint density at radius 2 is 1.94 bits per heavy atom. The Kier molecular flexibility index (Phi) is 6.72. The lowest BCUT2D eigenvalue weighted by Crippen LogP contribution is -2.39. The standard InChI is InChI=1S/C14H23NO3/c1-5-18-13-8-6-7-12(9-13)10-15-11(2)14(16-3)17-4/h6-9,11,14-15H,5,10H2,1-4H3. The van der Waals surface area contributed by atoms with E-state index in [2.05, 4.69) is 11.4 Å². The van der Waals surface area contributed by atoms with Gasteiger partial charge in [-0.15, -0.1) is 0 Å². The second kappa shape index (κ2) is 8.08. The smallest absolute Gasteiger partial charge is 0.171 e. The Balaban J connectivity index is 2.49. The van der Waals surface area contributed by atoms with Crippen LogP contribution < -0.4 is 10.1 Å². The lowest BCUT2D eigenvalue weighted by atomic mass is 10.2. The molecule has 1 aromatic rings. The zero-order chi connectivity index (χ0) is 13.4. The van der Waals surface area contributed by atoms with Crippen LogP contribution in [0.1, 0.15) is 19.4 Å². The molecule has 0 bridgehead atoms. The molecule has 1 atom stereocenters. The summed E-state index contributed by atoms with van der Waals surface area (Å²) in [6.07, 6.45) is -0.236. The Morgan fingerprint density at radius 1 is 1.22 bits per heavy atom. The molecule has 4 heteroatoms. The van der Waals surface area contributed by atoms with Gasteiger partial charge in [0.2, 0.25) is 0 Å². The Bertz CT molecular complexity index is 340. The van der Waals surface area contributed by atoms with E-state index in [1.54, 1.807) is 14.2 Å². The molecular weight excluding hydrogens is 230 g/mol. The van der Waals surface area contributed by atoms with E-state index in [-0.39, 0.29) is 12.3 Å². The fourth-order valence-electron chi connectivity index (χ4n) is 1.79. The van der Waals surface area contributed by atoms with Gasteiger partial charge in [0, 0.05) is 20.8 Å². The first kappa shape index (κ1) is 15.0. The topological polar surface area (TPSA) is 39.7 Å². The van der Waals surface area contributed by atoms with Crippen molar-refractivity contribution in [3.8, 4) is 5.75 Å². The molecule has 102 valence electrons. The first-order chi connectivity index (χ1) is 8.71. The van der Waals surface area contributed by atoms with Gasteiger partial charge in [-0.3, -0.25) is 0 Å². The van der Waals surface area contributed by atoms with Crippen molar-refractivity contribution in [3.05, 3.63) is 29.8 Å². The molecule has 0 heterocycles. The molecule has 18 heavy (non-hydrogen) atoms. The minimum Gasteiger partial charge on any atom is -0.494 e. The molecule has 1 aromatic carbocycles. The maximum atomic E-state index is 5.47. The highest BCUT2D eigenvalue weighted by Gasteiger charge is 2.14. The van der Waals surface area contributed by atoms with E-state index >= 15 is 0 Å². The van der Waals surface area contributed by atoms with E-state index in [4.69, 9.17) is 14.2 Å². The molecule has 0 aliphatic rings. The molecule has 1 rings (SSSR count). The average molecular weight is 253 g/mol. The number of hydrogen-bond acceptors (Lipinski definition) is 4. The summed E-state index contributed by atoms with van der Waals surface area (Å²) in [6, 6.07) is 8.19. The number of rotatable bonds is 8. The van der Waals surface area contributed by atoms with Crippen LogP contribution >= 0.6 is 0 Å². The van der Waals surface area contributed by atoms with Crippen LogP contribution in [0.2, 0.25) is 0 Å². The normalized spacial score (nSPS) is 12.7. The van der Waals surface area contributed by atoms with Crippen molar-refractivity contribution in [1.29, 1.82) is 0 Å². The third kappa shape index (κ3) is 4.64. The van der Waals surface area contributed by atoms with Gasteiger partial charge in [0.25, 0.3) is 0 Å². The fourth-order valence-corrected chi connectivity index (χ4v) is 1.79. The van der Waals surface area contributed by atoms with Crippen LogP contribution in [0.3, 0.4) is 0 Å². The van der Waals surface area contributed by atoms with Crippen LogP contribution in [-0.2, 0) is 16.0 Å². The highest BCUT2D eigenvalue weighted by molar-refractivity contribution is 5.28. The molecule has 0 fully saturated rings. The predicted molar refractivity (Wildman–Crippen MR) is 71.7 cm³/mol. The van der Waals surface area contributed by atoms with E-state index in [9.17, 15) is 0 Å². The van der Waals surface area contributed by atoms with Crippen LogP contribution in [0.25, 0.3) is 0 Å². The lowest BCUT2D eigenvalue weighted by molar-refractivity contribution is -0.119. The minimum atomic E-state index is -0.236. The summed E-state index contributed by atoms with van der Waals surface area (Å²) in [5.74, 6) is 0.902. The SMILES string of the molecule is CCOc1cccc(CNC(C)C(OC)OC)c1. The molecule has 4 nitrogen and oxygen atoms in total. The first-order valence-corrected chi connectivity index (χ1v) is 6.22. The second-order valence-corrected chi connectivity index (χ2v) is 4.09. The number of hydrogen-bond donors (Lipinski definition) is 1. The highest BCUT2D eigenvalue weighted by Crippen LogP contribution is 2.13. The van der Waals surface area contributed by atoms with E-state index < -0.39 is 0 Å². The van der Waals surface area contributed by atoms with Gasteiger partial charge in [-0.1, -0.05) is 12.1 Å². The van der Waals surface area contributed by atoms with Crippen LogP contribution in [-0.4, -0.2) is 33.2 Å². The van der Waals surface area contributed by atoms with Crippen molar-refractivity contribution >= 4 is 0 Å². The number of methoxy groups -OCH3 is 2. The Hall–Kier alpha value is -1.10. The summed E-state index contributed by atoms with van der Waals surface area (Å²) in [6.45, 7) is 5.45. The average Bonchev–Trinajstić information content (AvgIpc) is 2.39. The summed E-state index contributed by atoms with van der Waals surface area (Å²) in [4.78, 5) is 0. The van der Waals surface area contributed by atoms with Gasteiger partial charge >= 0.3 is 0 Å². The van der Waals surface area contributed by atoms with Crippen LogP contribution in [0, 0.1) is 0 Å². The van der Waals surface area contributed by atoms with Crippen LogP contribution in [0.4, 0.5) is 0 Å². The van der Waals surface area contributed by atoms with Gasteiger partial charge in [0.15, 0.2) is 6.29 Å². The van der Waals surface area contributed by atoms with Gasteiger partial charge in [0.05, 0.1) is 12.6 Å². The molecule has 0 saturated carbocycles. The molecule has 0 spiro atoms. The van der Waals surface area contributed by atoms with Gasteiger partial charge in [-0.05, 0) is 31.5 Å². The van der Waals surface area contributed by atoms with Crippen molar-refractivity contribution in [2.24, 2.45) is 0 Å². The summed E-state index contributed by atoms with van der Waals surface area (Å²) in [5.41, 5.74) is 1.18. The summed E-state index contributed by atoms with van der Waals surface area (Å²) < 4.78 is 15.9. The summed E-state index contributed by atoms with van der Waals surface area (Å²) in [7, 11) is 3.28. The van der Waals surface area contributed by atoms with Crippen molar-refractivity contribution in [2.75, 3.05) is 20.8 Å². The third-order valence-corrected chi connectivity index (χ3v) is 2.71. The zero-order valence-corrected chi connectivity index (χ0v) is 11.6. The van der Waals surface area contributed by atoms with Crippen LogP contribution in [0.15, 0.2) is 24.3 Å². The number of benzene rings is 1.